The third-order valence-electron chi connectivity index (χ3n) is 5.78. The van der Waals surface area contributed by atoms with Gasteiger partial charge in [-0.2, -0.15) is 0 Å². The van der Waals surface area contributed by atoms with E-state index in [1.54, 1.807) is 18.2 Å². The Balaban J connectivity index is 1.49. The fourth-order valence-electron chi connectivity index (χ4n) is 3.78. The van der Waals surface area contributed by atoms with Gasteiger partial charge in [0.15, 0.2) is 0 Å². The molecule has 148 valence electrons. The minimum absolute atomic E-state index is 0.0919. The number of fused-ring (bicyclic) bond motifs is 1. The molecule has 0 bridgehead atoms. The van der Waals surface area contributed by atoms with Crippen LogP contribution in [0.25, 0.3) is 0 Å². The van der Waals surface area contributed by atoms with Crippen LogP contribution in [0.4, 0.5) is 0 Å². The largest absolute Gasteiger partial charge is 0.386 e. The molecule has 0 spiro atoms. The van der Waals surface area contributed by atoms with Gasteiger partial charge in [0.05, 0.1) is 11.1 Å². The maximum atomic E-state index is 12.8. The molecular formula is C19H22N4O5. The lowest BCUT2D eigenvalue weighted by Crippen LogP contribution is -2.68. The molecule has 0 aliphatic carbocycles. The molecule has 2 unspecified atom stereocenters. The average Bonchev–Trinajstić information content (AvgIpc) is 2.88. The van der Waals surface area contributed by atoms with E-state index in [-0.39, 0.29) is 30.0 Å². The maximum absolute atomic E-state index is 12.8. The molecule has 3 heterocycles. The van der Waals surface area contributed by atoms with Gasteiger partial charge in [-0.05, 0) is 31.0 Å². The molecule has 4 rings (SSSR count). The summed E-state index contributed by atoms with van der Waals surface area (Å²) in [6.45, 7) is 3.38. The van der Waals surface area contributed by atoms with Crippen molar-refractivity contribution in [2.45, 2.75) is 44.0 Å². The van der Waals surface area contributed by atoms with Crippen molar-refractivity contribution in [3.05, 3.63) is 34.9 Å². The van der Waals surface area contributed by atoms with Gasteiger partial charge in [0.1, 0.15) is 11.6 Å². The number of carbonyl (C=O) groups excluding carboxylic acids is 4. The average molecular weight is 386 g/mol. The molecule has 0 aromatic heterocycles. The minimum Gasteiger partial charge on any atom is -0.386 e. The number of hydrogen-bond acceptors (Lipinski definition) is 7. The van der Waals surface area contributed by atoms with E-state index in [1.165, 1.54) is 0 Å². The van der Waals surface area contributed by atoms with Crippen LogP contribution in [0.3, 0.4) is 0 Å². The highest BCUT2D eigenvalue weighted by Crippen LogP contribution is 2.28. The molecule has 1 aromatic rings. The Labute approximate surface area is 161 Å². The topological polar surface area (TPSA) is 128 Å². The van der Waals surface area contributed by atoms with Crippen LogP contribution in [-0.2, 0) is 16.1 Å². The molecule has 3 aliphatic rings. The van der Waals surface area contributed by atoms with Crippen LogP contribution in [0, 0.1) is 0 Å². The predicted molar refractivity (Wildman–Crippen MR) is 97.2 cm³/mol. The Morgan fingerprint density at radius 2 is 1.93 bits per heavy atom. The van der Waals surface area contributed by atoms with Crippen molar-refractivity contribution in [1.29, 1.82) is 0 Å². The number of hydrogen-bond donors (Lipinski definition) is 4. The molecule has 9 heteroatoms. The molecule has 28 heavy (non-hydrogen) atoms. The number of imide groups is 2. The first kappa shape index (κ1) is 18.7. The molecule has 2 atom stereocenters. The van der Waals surface area contributed by atoms with Crippen LogP contribution in [-0.4, -0.2) is 64.4 Å². The van der Waals surface area contributed by atoms with Crippen LogP contribution in [0.1, 0.15) is 46.0 Å². The van der Waals surface area contributed by atoms with E-state index < -0.39 is 35.3 Å². The lowest BCUT2D eigenvalue weighted by Gasteiger charge is -2.42. The zero-order chi connectivity index (χ0) is 20.1. The van der Waals surface area contributed by atoms with E-state index in [9.17, 15) is 24.3 Å². The molecular weight excluding hydrogens is 364 g/mol. The number of rotatable bonds is 5. The Morgan fingerprint density at radius 1 is 1.21 bits per heavy atom. The van der Waals surface area contributed by atoms with E-state index in [2.05, 4.69) is 16.0 Å². The van der Waals surface area contributed by atoms with Crippen molar-refractivity contribution in [3.8, 4) is 0 Å². The third-order valence-corrected chi connectivity index (χ3v) is 5.78. The third kappa shape index (κ3) is 3.01. The number of nitrogens with zero attached hydrogens (tertiary/aromatic N) is 1. The van der Waals surface area contributed by atoms with Crippen LogP contribution < -0.4 is 16.0 Å². The first-order valence-electron chi connectivity index (χ1n) is 9.31. The fraction of sp³-hybridized carbons (Fsp3) is 0.474. The van der Waals surface area contributed by atoms with Crippen LogP contribution in [0.5, 0.6) is 0 Å². The Morgan fingerprint density at radius 3 is 2.57 bits per heavy atom. The van der Waals surface area contributed by atoms with E-state index in [4.69, 9.17) is 0 Å². The van der Waals surface area contributed by atoms with Crippen molar-refractivity contribution in [2.24, 2.45) is 0 Å². The summed E-state index contributed by atoms with van der Waals surface area (Å²) in [5.41, 5.74) is 0.525. The highest BCUT2D eigenvalue weighted by molar-refractivity contribution is 6.23. The summed E-state index contributed by atoms with van der Waals surface area (Å²) in [5.74, 6) is -2.06. The van der Waals surface area contributed by atoms with Crippen LogP contribution in [0.15, 0.2) is 18.2 Å². The quantitative estimate of drug-likeness (QED) is 0.473. The van der Waals surface area contributed by atoms with Gasteiger partial charge >= 0.3 is 0 Å². The van der Waals surface area contributed by atoms with Gasteiger partial charge in [0, 0.05) is 32.1 Å². The molecule has 2 fully saturated rings. The standard InChI is InChI=1S/C19H22N4O5/c1-10(19(28)8-20-9-19)21-7-11-2-3-12-13(6-11)18(27)23(17(12)26)14-4-5-15(24)22-16(14)25/h2-3,6,10,14,20-21,28H,4-5,7-9H2,1H3,(H,22,24,25). The fourth-order valence-corrected chi connectivity index (χ4v) is 3.78. The van der Waals surface area contributed by atoms with Gasteiger partial charge in [-0.3, -0.25) is 29.4 Å². The molecule has 4 N–H and O–H groups in total. The summed E-state index contributed by atoms with van der Waals surface area (Å²) in [4.78, 5) is 49.9. The van der Waals surface area contributed by atoms with Crippen molar-refractivity contribution in [1.82, 2.24) is 20.9 Å². The number of aliphatic hydroxyl groups is 1. The van der Waals surface area contributed by atoms with Crippen molar-refractivity contribution in [3.63, 3.8) is 0 Å². The summed E-state index contributed by atoms with van der Waals surface area (Å²) in [5, 5.41) is 18.8. The van der Waals surface area contributed by atoms with Crippen LogP contribution >= 0.6 is 0 Å². The molecule has 0 saturated carbocycles. The molecule has 1 aromatic carbocycles. The second-order valence-corrected chi connectivity index (χ2v) is 7.64. The second kappa shape index (κ2) is 6.77. The molecule has 9 nitrogen and oxygen atoms in total. The SMILES string of the molecule is CC(NCc1ccc2c(c1)C(=O)N(C1CCC(=O)NC1=O)C2=O)C1(O)CNC1. The number of nitrogens with one attached hydrogen (secondary N) is 3. The molecule has 3 aliphatic heterocycles. The number of amides is 4. The lowest BCUT2D eigenvalue weighted by molar-refractivity contribution is -0.136. The smallest absolute Gasteiger partial charge is 0.262 e. The van der Waals surface area contributed by atoms with Gasteiger partial charge < -0.3 is 15.7 Å². The maximum Gasteiger partial charge on any atom is 0.262 e. The summed E-state index contributed by atoms with van der Waals surface area (Å²) < 4.78 is 0. The zero-order valence-corrected chi connectivity index (χ0v) is 15.4. The van der Waals surface area contributed by atoms with Crippen molar-refractivity contribution < 1.29 is 24.3 Å². The molecule has 4 amide bonds. The van der Waals surface area contributed by atoms with Gasteiger partial charge in [-0.25, -0.2) is 0 Å². The number of β-amino-alcohol motifs (C(OH)–C–C–N with tert-alkyl or cyclic N) is 1. The van der Waals surface area contributed by atoms with E-state index in [0.29, 0.717) is 19.6 Å². The lowest BCUT2D eigenvalue weighted by atomic mass is 9.89. The van der Waals surface area contributed by atoms with Gasteiger partial charge in [-0.15, -0.1) is 0 Å². The summed E-state index contributed by atoms with van der Waals surface area (Å²) >= 11 is 0. The zero-order valence-electron chi connectivity index (χ0n) is 15.4. The number of carbonyl (C=O) groups is 4. The number of benzene rings is 1. The highest BCUT2D eigenvalue weighted by atomic mass is 16.3. The Bertz CT molecular complexity index is 879. The minimum atomic E-state index is -0.966. The Hall–Kier alpha value is -2.62. The normalized spacial score (nSPS) is 24.6. The van der Waals surface area contributed by atoms with Crippen LogP contribution in [0.2, 0.25) is 0 Å². The van der Waals surface area contributed by atoms with E-state index in [0.717, 1.165) is 10.5 Å². The van der Waals surface area contributed by atoms with E-state index >= 15 is 0 Å². The van der Waals surface area contributed by atoms with Gasteiger partial charge in [0.2, 0.25) is 11.8 Å². The first-order valence-corrected chi connectivity index (χ1v) is 9.31. The highest BCUT2D eigenvalue weighted by Gasteiger charge is 2.44. The monoisotopic (exact) mass is 386 g/mol. The summed E-state index contributed by atoms with van der Waals surface area (Å²) in [6, 6.07) is 3.87. The van der Waals surface area contributed by atoms with Crippen molar-refractivity contribution >= 4 is 23.6 Å². The summed E-state index contributed by atoms with van der Waals surface area (Å²) in [6.07, 6.45) is 0.226. The second-order valence-electron chi connectivity index (χ2n) is 7.64. The number of piperidine rings is 1. The predicted octanol–water partition coefficient (Wildman–Crippen LogP) is -1.10. The van der Waals surface area contributed by atoms with Gasteiger partial charge in [0.25, 0.3) is 11.8 Å². The molecule has 0 radical (unpaired) electrons. The first-order chi connectivity index (χ1) is 13.3. The van der Waals surface area contributed by atoms with Gasteiger partial charge in [-0.1, -0.05) is 6.07 Å². The molecule has 2 saturated heterocycles. The summed E-state index contributed by atoms with van der Waals surface area (Å²) in [7, 11) is 0. The Kier molecular flexibility index (Phi) is 4.53. The van der Waals surface area contributed by atoms with Crippen molar-refractivity contribution in [2.75, 3.05) is 13.1 Å². The van der Waals surface area contributed by atoms with E-state index in [1.807, 2.05) is 6.92 Å².